The average molecular weight is 282 g/mol. The van der Waals surface area contributed by atoms with Crippen molar-refractivity contribution in [3.05, 3.63) is 0 Å². The molecule has 7 nitrogen and oxygen atoms in total. The van der Waals surface area contributed by atoms with E-state index in [2.05, 4.69) is 4.74 Å². The van der Waals surface area contributed by atoms with E-state index in [0.29, 0.717) is 6.42 Å². The maximum atomic E-state index is 11.5. The van der Waals surface area contributed by atoms with Gasteiger partial charge in [-0.15, -0.1) is 0 Å². The molecule has 0 rings (SSSR count). The molecule has 0 saturated carbocycles. The van der Waals surface area contributed by atoms with E-state index in [-0.39, 0.29) is 13.2 Å². The summed E-state index contributed by atoms with van der Waals surface area (Å²) in [4.78, 5) is 22.3. The van der Waals surface area contributed by atoms with Gasteiger partial charge in [0.1, 0.15) is 13.2 Å². The molecule has 18 heavy (non-hydrogen) atoms. The molecule has 0 amide bonds. The molecule has 0 fully saturated rings. The maximum Gasteiger partial charge on any atom is 0.323 e. The molecule has 1 N–H and O–H groups in total. The van der Waals surface area contributed by atoms with Crippen molar-refractivity contribution >= 4 is 22.1 Å². The van der Waals surface area contributed by atoms with Gasteiger partial charge in [-0.1, -0.05) is 6.92 Å². The van der Waals surface area contributed by atoms with Crippen LogP contribution in [0.3, 0.4) is 0 Å². The van der Waals surface area contributed by atoms with Crippen LogP contribution in [0.5, 0.6) is 0 Å². The van der Waals surface area contributed by atoms with E-state index in [0.717, 1.165) is 0 Å². The van der Waals surface area contributed by atoms with Crippen molar-refractivity contribution in [3.8, 4) is 0 Å². The zero-order chi connectivity index (χ0) is 14.4. The minimum absolute atomic E-state index is 0.153. The molecule has 0 bridgehead atoms. The highest BCUT2D eigenvalue weighted by atomic mass is 32.2. The Balaban J connectivity index is 3.88. The van der Waals surface area contributed by atoms with Crippen molar-refractivity contribution < 1.29 is 32.0 Å². The summed E-state index contributed by atoms with van der Waals surface area (Å²) in [6.07, 6.45) is 0.606. The third-order valence-corrected chi connectivity index (χ3v) is 2.92. The van der Waals surface area contributed by atoms with Gasteiger partial charge in [-0.25, -0.2) is 0 Å². The first-order valence-corrected chi connectivity index (χ1v) is 6.97. The summed E-state index contributed by atoms with van der Waals surface area (Å²) in [5, 5.41) is 0. The van der Waals surface area contributed by atoms with Crippen LogP contribution in [-0.4, -0.2) is 43.9 Å². The van der Waals surface area contributed by atoms with Crippen LogP contribution in [0.2, 0.25) is 0 Å². The quantitative estimate of drug-likeness (QED) is 0.409. The third kappa shape index (κ3) is 7.23. The molecule has 0 radical (unpaired) electrons. The third-order valence-electron chi connectivity index (χ3n) is 2.32. The van der Waals surface area contributed by atoms with Gasteiger partial charge >= 0.3 is 11.9 Å². The highest BCUT2D eigenvalue weighted by molar-refractivity contribution is 7.86. The first-order valence-electron chi connectivity index (χ1n) is 5.36. The van der Waals surface area contributed by atoms with Crippen molar-refractivity contribution in [2.24, 2.45) is 5.41 Å². The van der Waals surface area contributed by atoms with Crippen LogP contribution < -0.4 is 0 Å². The summed E-state index contributed by atoms with van der Waals surface area (Å²) in [5.74, 6) is -2.62. The van der Waals surface area contributed by atoms with Crippen LogP contribution in [0.15, 0.2) is 0 Å². The number of hydrogen-bond acceptors (Lipinski definition) is 6. The van der Waals surface area contributed by atoms with Gasteiger partial charge in [-0.05, 0) is 20.3 Å². The second-order valence-corrected chi connectivity index (χ2v) is 5.77. The monoisotopic (exact) mass is 282 g/mol. The Morgan fingerprint density at radius 2 is 1.67 bits per heavy atom. The zero-order valence-corrected chi connectivity index (χ0v) is 11.4. The molecular weight excluding hydrogens is 264 g/mol. The first-order chi connectivity index (χ1) is 8.08. The second-order valence-electron chi connectivity index (χ2n) is 4.32. The predicted molar refractivity (Wildman–Crippen MR) is 62.4 cm³/mol. The lowest BCUT2D eigenvalue weighted by atomic mass is 9.91. The van der Waals surface area contributed by atoms with E-state index >= 15 is 0 Å². The number of rotatable bonds is 7. The molecule has 106 valence electrons. The Hall–Kier alpha value is -1.15. The minimum atomic E-state index is -4.39. The van der Waals surface area contributed by atoms with Gasteiger partial charge in [0.25, 0.3) is 10.1 Å². The van der Waals surface area contributed by atoms with Crippen molar-refractivity contribution in [2.75, 3.05) is 19.0 Å². The van der Waals surface area contributed by atoms with Gasteiger partial charge in [0.2, 0.25) is 0 Å². The molecule has 0 aliphatic carbocycles. The summed E-state index contributed by atoms with van der Waals surface area (Å²) in [6.45, 7) is 4.88. The predicted octanol–water partition coefficient (Wildman–Crippen LogP) is 0.397. The Bertz CT molecular complexity index is 396. The van der Waals surface area contributed by atoms with Gasteiger partial charge in [-0.3, -0.25) is 14.1 Å². The second kappa shape index (κ2) is 6.69. The van der Waals surface area contributed by atoms with Crippen molar-refractivity contribution in [3.63, 3.8) is 0 Å². The Kier molecular flexibility index (Phi) is 6.27. The van der Waals surface area contributed by atoms with Crippen LogP contribution in [0.1, 0.15) is 27.2 Å². The first kappa shape index (κ1) is 16.9. The Morgan fingerprint density at radius 1 is 1.17 bits per heavy atom. The number of hydrogen-bond donors (Lipinski definition) is 1. The zero-order valence-electron chi connectivity index (χ0n) is 10.6. The van der Waals surface area contributed by atoms with Gasteiger partial charge in [-0.2, -0.15) is 8.42 Å². The lowest BCUT2D eigenvalue weighted by Crippen LogP contribution is -2.27. The van der Waals surface area contributed by atoms with E-state index in [4.69, 9.17) is 9.29 Å². The number of carbonyl (C=O) groups is 2. The summed E-state index contributed by atoms with van der Waals surface area (Å²) in [5.41, 5.74) is -0.613. The number of carbonyl (C=O) groups excluding carboxylic acids is 2. The summed E-state index contributed by atoms with van der Waals surface area (Å²) < 4.78 is 38.3. The molecule has 0 aliphatic rings. The van der Waals surface area contributed by atoms with E-state index in [1.165, 1.54) is 0 Å². The van der Waals surface area contributed by atoms with Crippen LogP contribution >= 0.6 is 0 Å². The fourth-order valence-corrected chi connectivity index (χ4v) is 1.20. The van der Waals surface area contributed by atoms with Crippen LogP contribution in [-0.2, 0) is 29.2 Å². The molecule has 0 aromatic heterocycles. The number of ether oxygens (including phenoxy) is 2. The van der Waals surface area contributed by atoms with E-state index in [9.17, 15) is 18.0 Å². The van der Waals surface area contributed by atoms with Crippen molar-refractivity contribution in [1.82, 2.24) is 0 Å². The van der Waals surface area contributed by atoms with Gasteiger partial charge in [0, 0.05) is 0 Å². The summed E-state index contributed by atoms with van der Waals surface area (Å²) in [7, 11) is -4.39. The van der Waals surface area contributed by atoms with Gasteiger partial charge in [0.05, 0.1) is 5.41 Å². The molecule has 0 spiro atoms. The van der Waals surface area contributed by atoms with E-state index < -0.39 is 33.2 Å². The lowest BCUT2D eigenvalue weighted by molar-refractivity contribution is -0.158. The minimum Gasteiger partial charge on any atom is -0.462 e. The standard InChI is InChI=1S/C10H18O7S/c1-4-10(2,3)9(12)17-6-5-16-8(11)7-18(13,14)15/h4-7H2,1-3H3,(H,13,14,15). The largest absolute Gasteiger partial charge is 0.462 e. The van der Waals surface area contributed by atoms with Crippen LogP contribution in [0, 0.1) is 5.41 Å². The van der Waals surface area contributed by atoms with E-state index in [1.54, 1.807) is 13.8 Å². The smallest absolute Gasteiger partial charge is 0.323 e. The maximum absolute atomic E-state index is 11.5. The van der Waals surface area contributed by atoms with Crippen molar-refractivity contribution in [2.45, 2.75) is 27.2 Å². The fourth-order valence-electron chi connectivity index (χ4n) is 0.820. The Labute approximate surface area is 106 Å². The SMILES string of the molecule is CCC(C)(C)C(=O)OCCOC(=O)CS(=O)(=O)O. The highest BCUT2D eigenvalue weighted by Crippen LogP contribution is 2.21. The van der Waals surface area contributed by atoms with Crippen molar-refractivity contribution in [1.29, 1.82) is 0 Å². The van der Waals surface area contributed by atoms with E-state index in [1.807, 2.05) is 6.92 Å². The van der Waals surface area contributed by atoms with Crippen LogP contribution in [0.4, 0.5) is 0 Å². The van der Waals surface area contributed by atoms with Crippen LogP contribution in [0.25, 0.3) is 0 Å². The molecule has 8 heteroatoms. The number of esters is 2. The molecule has 0 unspecified atom stereocenters. The molecular formula is C10H18O7S. The molecule has 0 aliphatic heterocycles. The molecule has 0 heterocycles. The molecule has 0 saturated heterocycles. The topological polar surface area (TPSA) is 107 Å². The van der Waals surface area contributed by atoms with Gasteiger partial charge < -0.3 is 9.47 Å². The fraction of sp³-hybridized carbons (Fsp3) is 0.800. The Morgan fingerprint density at radius 3 is 2.11 bits per heavy atom. The summed E-state index contributed by atoms with van der Waals surface area (Å²) in [6, 6.07) is 0. The molecule has 0 aromatic carbocycles. The highest BCUT2D eigenvalue weighted by Gasteiger charge is 2.26. The molecule has 0 atom stereocenters. The normalized spacial score (nSPS) is 12.0. The molecule has 0 aromatic rings. The summed E-state index contributed by atoms with van der Waals surface area (Å²) >= 11 is 0. The lowest BCUT2D eigenvalue weighted by Gasteiger charge is -2.20. The van der Waals surface area contributed by atoms with Gasteiger partial charge in [0.15, 0.2) is 5.75 Å². The average Bonchev–Trinajstić information content (AvgIpc) is 2.21.